The van der Waals surface area contributed by atoms with Gasteiger partial charge in [0, 0.05) is 6.42 Å². The van der Waals surface area contributed by atoms with Gasteiger partial charge in [0.1, 0.15) is 11.1 Å². The Kier molecular flexibility index (Phi) is 2.65. The first kappa shape index (κ1) is 11.6. The van der Waals surface area contributed by atoms with Crippen molar-refractivity contribution >= 4 is 17.1 Å². The second kappa shape index (κ2) is 3.87. The maximum Gasteiger partial charge on any atom is 0.339 e. The van der Waals surface area contributed by atoms with Gasteiger partial charge in [0.2, 0.25) is 0 Å². The van der Waals surface area contributed by atoms with Gasteiger partial charge in [-0.3, -0.25) is 0 Å². The van der Waals surface area contributed by atoms with E-state index in [2.05, 4.69) is 25.8 Å². The molecule has 0 fully saturated rings. The van der Waals surface area contributed by atoms with E-state index in [0.29, 0.717) is 23.4 Å². The van der Waals surface area contributed by atoms with E-state index in [1.165, 1.54) is 6.07 Å². The molecule has 0 saturated heterocycles. The van der Waals surface area contributed by atoms with Gasteiger partial charge in [-0.05, 0) is 17.5 Å². The molecule has 90 valence electrons. The minimum absolute atomic E-state index is 0.0598. The van der Waals surface area contributed by atoms with Crippen LogP contribution < -0.4 is 0 Å². The van der Waals surface area contributed by atoms with Crippen LogP contribution in [-0.4, -0.2) is 16.1 Å². The lowest BCUT2D eigenvalue weighted by Gasteiger charge is -2.14. The van der Waals surface area contributed by atoms with Crippen LogP contribution in [0.5, 0.6) is 0 Å². The van der Waals surface area contributed by atoms with E-state index in [9.17, 15) is 4.79 Å². The van der Waals surface area contributed by atoms with Crippen molar-refractivity contribution in [2.24, 2.45) is 5.41 Å². The zero-order valence-corrected chi connectivity index (χ0v) is 10.2. The van der Waals surface area contributed by atoms with Crippen molar-refractivity contribution in [3.63, 3.8) is 0 Å². The highest BCUT2D eigenvalue weighted by Gasteiger charge is 2.18. The van der Waals surface area contributed by atoms with Crippen molar-refractivity contribution in [1.82, 2.24) is 4.98 Å². The maximum absolute atomic E-state index is 11.0. The highest BCUT2D eigenvalue weighted by molar-refractivity contribution is 5.99. The van der Waals surface area contributed by atoms with Gasteiger partial charge in [0.25, 0.3) is 0 Å². The minimum Gasteiger partial charge on any atom is -0.478 e. The first-order valence-electron chi connectivity index (χ1n) is 5.48. The SMILES string of the molecule is CC(C)(C)Cc1nc2cccc(C(=O)O)c2o1. The number of para-hydroxylation sites is 1. The number of benzene rings is 1. The Morgan fingerprint density at radius 2 is 2.12 bits per heavy atom. The summed E-state index contributed by atoms with van der Waals surface area (Å²) in [6, 6.07) is 4.96. The third-order valence-electron chi connectivity index (χ3n) is 2.37. The average molecular weight is 233 g/mol. The third kappa shape index (κ3) is 2.46. The van der Waals surface area contributed by atoms with Crippen LogP contribution in [0.2, 0.25) is 0 Å². The maximum atomic E-state index is 11.0. The molecule has 1 heterocycles. The number of oxazole rings is 1. The number of nitrogens with zero attached hydrogens (tertiary/aromatic N) is 1. The van der Waals surface area contributed by atoms with E-state index in [4.69, 9.17) is 9.52 Å². The number of carboxylic acid groups (broad SMARTS) is 1. The number of hydrogen-bond acceptors (Lipinski definition) is 3. The molecule has 0 aliphatic rings. The summed E-state index contributed by atoms with van der Waals surface area (Å²) in [5, 5.41) is 9.04. The topological polar surface area (TPSA) is 63.3 Å². The molecule has 0 unspecified atom stereocenters. The Bertz CT molecular complexity index is 564. The minimum atomic E-state index is -0.992. The van der Waals surface area contributed by atoms with Crippen LogP contribution in [0.25, 0.3) is 11.1 Å². The lowest BCUT2D eigenvalue weighted by molar-refractivity contribution is 0.0698. The Balaban J connectivity index is 2.50. The zero-order chi connectivity index (χ0) is 12.6. The first-order chi connectivity index (χ1) is 7.87. The van der Waals surface area contributed by atoms with Gasteiger partial charge in [-0.1, -0.05) is 26.8 Å². The molecule has 2 rings (SSSR count). The largest absolute Gasteiger partial charge is 0.478 e. The molecule has 1 N–H and O–H groups in total. The van der Waals surface area contributed by atoms with Crippen molar-refractivity contribution in [2.75, 3.05) is 0 Å². The van der Waals surface area contributed by atoms with Gasteiger partial charge in [-0.25, -0.2) is 9.78 Å². The van der Waals surface area contributed by atoms with Crippen molar-refractivity contribution < 1.29 is 14.3 Å². The number of aromatic nitrogens is 1. The summed E-state index contributed by atoms with van der Waals surface area (Å²) in [5.41, 5.74) is 1.18. The molecule has 4 heteroatoms. The number of fused-ring (bicyclic) bond motifs is 1. The summed E-state index contributed by atoms with van der Waals surface area (Å²) in [7, 11) is 0. The molecule has 2 aromatic rings. The Morgan fingerprint density at radius 3 is 2.71 bits per heavy atom. The molecule has 0 radical (unpaired) electrons. The first-order valence-corrected chi connectivity index (χ1v) is 5.48. The molecule has 0 aliphatic heterocycles. The van der Waals surface area contributed by atoms with Crippen molar-refractivity contribution in [2.45, 2.75) is 27.2 Å². The third-order valence-corrected chi connectivity index (χ3v) is 2.37. The molecule has 17 heavy (non-hydrogen) atoms. The van der Waals surface area contributed by atoms with Crippen LogP contribution in [0.1, 0.15) is 37.0 Å². The van der Waals surface area contributed by atoms with Crippen LogP contribution in [0.15, 0.2) is 22.6 Å². The standard InChI is InChI=1S/C13H15NO3/c1-13(2,3)7-10-14-9-6-4-5-8(12(15)16)11(9)17-10/h4-6H,7H2,1-3H3,(H,15,16). The molecule has 0 amide bonds. The Hall–Kier alpha value is -1.84. The van der Waals surface area contributed by atoms with Crippen LogP contribution in [0.3, 0.4) is 0 Å². The summed E-state index contributed by atoms with van der Waals surface area (Å²) >= 11 is 0. The van der Waals surface area contributed by atoms with Crippen molar-refractivity contribution in [3.8, 4) is 0 Å². The zero-order valence-electron chi connectivity index (χ0n) is 10.2. The predicted molar refractivity (Wildman–Crippen MR) is 64.1 cm³/mol. The smallest absolute Gasteiger partial charge is 0.339 e. The van der Waals surface area contributed by atoms with Gasteiger partial charge in [-0.15, -0.1) is 0 Å². The van der Waals surface area contributed by atoms with Gasteiger partial charge >= 0.3 is 5.97 Å². The fraction of sp³-hybridized carbons (Fsp3) is 0.385. The lowest BCUT2D eigenvalue weighted by atomic mass is 9.92. The molecule has 0 spiro atoms. The van der Waals surface area contributed by atoms with E-state index >= 15 is 0 Å². The fourth-order valence-corrected chi connectivity index (χ4v) is 1.69. The van der Waals surface area contributed by atoms with Crippen LogP contribution in [0, 0.1) is 5.41 Å². The van der Waals surface area contributed by atoms with E-state index in [0.717, 1.165) is 0 Å². The second-order valence-electron chi connectivity index (χ2n) is 5.30. The average Bonchev–Trinajstić information content (AvgIpc) is 2.55. The van der Waals surface area contributed by atoms with E-state index in [-0.39, 0.29) is 11.0 Å². The summed E-state index contributed by atoms with van der Waals surface area (Å²) in [6.07, 6.45) is 0.681. The van der Waals surface area contributed by atoms with Crippen LogP contribution in [0.4, 0.5) is 0 Å². The number of aromatic carboxylic acids is 1. The molecule has 1 aromatic carbocycles. The Morgan fingerprint density at radius 1 is 1.41 bits per heavy atom. The highest BCUT2D eigenvalue weighted by Crippen LogP contribution is 2.25. The number of hydrogen-bond donors (Lipinski definition) is 1. The molecule has 0 atom stereocenters. The number of rotatable bonds is 2. The van der Waals surface area contributed by atoms with Crippen molar-refractivity contribution in [1.29, 1.82) is 0 Å². The van der Waals surface area contributed by atoms with Crippen molar-refractivity contribution in [3.05, 3.63) is 29.7 Å². The molecule has 0 saturated carbocycles. The summed E-state index contributed by atoms with van der Waals surface area (Å²) in [4.78, 5) is 15.3. The monoisotopic (exact) mass is 233 g/mol. The fourth-order valence-electron chi connectivity index (χ4n) is 1.69. The van der Waals surface area contributed by atoms with Gasteiger partial charge in [0.15, 0.2) is 11.5 Å². The normalized spacial score (nSPS) is 11.9. The molecular formula is C13H15NO3. The second-order valence-corrected chi connectivity index (χ2v) is 5.30. The van der Waals surface area contributed by atoms with E-state index in [1.807, 2.05) is 0 Å². The predicted octanol–water partition coefficient (Wildman–Crippen LogP) is 3.11. The van der Waals surface area contributed by atoms with Gasteiger partial charge in [-0.2, -0.15) is 0 Å². The summed E-state index contributed by atoms with van der Waals surface area (Å²) in [5.74, 6) is -0.407. The van der Waals surface area contributed by atoms with Gasteiger partial charge in [0.05, 0.1) is 0 Å². The van der Waals surface area contributed by atoms with E-state index < -0.39 is 5.97 Å². The molecule has 4 nitrogen and oxygen atoms in total. The summed E-state index contributed by atoms with van der Waals surface area (Å²) < 4.78 is 5.54. The van der Waals surface area contributed by atoms with E-state index in [1.54, 1.807) is 12.1 Å². The molecule has 1 aromatic heterocycles. The quantitative estimate of drug-likeness (QED) is 0.865. The van der Waals surface area contributed by atoms with Crippen LogP contribution >= 0.6 is 0 Å². The van der Waals surface area contributed by atoms with Crippen LogP contribution in [-0.2, 0) is 6.42 Å². The molecule has 0 aliphatic carbocycles. The Labute approximate surface area is 99.3 Å². The lowest BCUT2D eigenvalue weighted by Crippen LogP contribution is -2.09. The highest BCUT2D eigenvalue weighted by atomic mass is 16.4. The molecule has 0 bridgehead atoms. The number of carboxylic acids is 1. The van der Waals surface area contributed by atoms with Gasteiger partial charge < -0.3 is 9.52 Å². The molecular weight excluding hydrogens is 218 g/mol. The number of carbonyl (C=O) groups is 1. The summed E-state index contributed by atoms with van der Waals surface area (Å²) in [6.45, 7) is 6.25.